The summed E-state index contributed by atoms with van der Waals surface area (Å²) >= 11 is 2.08. The minimum atomic E-state index is -3.79. The summed E-state index contributed by atoms with van der Waals surface area (Å²) in [5.74, 6) is 0.316. The van der Waals surface area contributed by atoms with Crippen LogP contribution in [0.25, 0.3) is 11.0 Å². The lowest BCUT2D eigenvalue weighted by Crippen LogP contribution is -2.13. The Kier molecular flexibility index (Phi) is 4.09. The van der Waals surface area contributed by atoms with Gasteiger partial charge in [-0.15, -0.1) is 0 Å². The van der Waals surface area contributed by atoms with Crippen molar-refractivity contribution in [2.24, 2.45) is 0 Å². The molecule has 0 aliphatic carbocycles. The maximum Gasteiger partial charge on any atom is 0.273 e. The third-order valence-electron chi connectivity index (χ3n) is 3.79. The predicted molar refractivity (Wildman–Crippen MR) is 97.5 cm³/mol. The number of aryl methyl sites for hydroxylation is 2. The van der Waals surface area contributed by atoms with E-state index in [1.165, 1.54) is 17.4 Å². The third kappa shape index (κ3) is 2.72. The Morgan fingerprint density at radius 2 is 1.83 bits per heavy atom. The van der Waals surface area contributed by atoms with E-state index in [0.717, 1.165) is 14.7 Å². The molecule has 0 spiro atoms. The molecule has 1 aromatic heterocycles. The van der Waals surface area contributed by atoms with Crippen LogP contribution in [-0.2, 0) is 10.0 Å². The quantitative estimate of drug-likeness (QED) is 0.583. The number of hydrogen-bond donors (Lipinski definition) is 0. The number of fused-ring (bicyclic) bond motifs is 1. The molecule has 23 heavy (non-hydrogen) atoms. The van der Waals surface area contributed by atoms with E-state index < -0.39 is 10.0 Å². The molecule has 0 aliphatic rings. The summed E-state index contributed by atoms with van der Waals surface area (Å²) in [7, 11) is -2.33. The van der Waals surface area contributed by atoms with E-state index >= 15 is 0 Å². The Balaban J connectivity index is 2.29. The van der Waals surface area contributed by atoms with Crippen molar-refractivity contribution < 1.29 is 13.2 Å². The molecule has 5 nitrogen and oxygen atoms in total. The van der Waals surface area contributed by atoms with E-state index in [4.69, 9.17) is 4.74 Å². The number of hydrogen-bond acceptors (Lipinski definition) is 4. The largest absolute Gasteiger partial charge is 0.495 e. The van der Waals surface area contributed by atoms with Gasteiger partial charge < -0.3 is 4.74 Å². The van der Waals surface area contributed by atoms with E-state index in [2.05, 4.69) is 27.6 Å². The molecule has 0 aliphatic heterocycles. The van der Waals surface area contributed by atoms with Crippen LogP contribution in [0.1, 0.15) is 11.1 Å². The van der Waals surface area contributed by atoms with Crippen LogP contribution >= 0.6 is 22.6 Å². The predicted octanol–water partition coefficient (Wildman–Crippen LogP) is 3.50. The molecule has 0 unspecified atom stereocenters. The molecule has 2 aromatic carbocycles. The highest BCUT2D eigenvalue weighted by atomic mass is 127. The number of nitrogens with zero attached hydrogens (tertiary/aromatic N) is 2. The number of aromatic nitrogens is 2. The summed E-state index contributed by atoms with van der Waals surface area (Å²) in [6.45, 7) is 3.93. The Labute approximate surface area is 148 Å². The molecule has 0 saturated carbocycles. The maximum absolute atomic E-state index is 13.1. The van der Waals surface area contributed by atoms with Gasteiger partial charge in [-0.2, -0.15) is 0 Å². The van der Waals surface area contributed by atoms with Crippen molar-refractivity contribution in [1.29, 1.82) is 0 Å². The fourth-order valence-electron chi connectivity index (χ4n) is 2.39. The first kappa shape index (κ1) is 16.3. The first-order valence-electron chi connectivity index (χ1n) is 6.88. The van der Waals surface area contributed by atoms with Gasteiger partial charge in [0.1, 0.15) is 17.0 Å². The number of benzene rings is 2. The molecule has 3 rings (SSSR count). The molecule has 0 amide bonds. The summed E-state index contributed by atoms with van der Waals surface area (Å²) in [5, 5.41) is 0. The molecule has 0 saturated heterocycles. The molecule has 1 heterocycles. The lowest BCUT2D eigenvalue weighted by Gasteiger charge is -2.11. The minimum absolute atomic E-state index is 0.129. The highest BCUT2D eigenvalue weighted by molar-refractivity contribution is 14.1. The van der Waals surface area contributed by atoms with Gasteiger partial charge in [-0.3, -0.25) is 0 Å². The molecule has 3 aromatic rings. The van der Waals surface area contributed by atoms with Gasteiger partial charge in [0, 0.05) is 3.57 Å². The second-order valence-corrected chi connectivity index (χ2v) is 8.29. The molecule has 0 N–H and O–H groups in total. The van der Waals surface area contributed by atoms with Gasteiger partial charge in [0.05, 0.1) is 18.1 Å². The topological polar surface area (TPSA) is 61.2 Å². The molecule has 0 fully saturated rings. The normalized spacial score (nSPS) is 11.8. The fourth-order valence-corrected chi connectivity index (χ4v) is 4.56. The minimum Gasteiger partial charge on any atom is -0.495 e. The van der Waals surface area contributed by atoms with Crippen LogP contribution in [0.5, 0.6) is 5.75 Å². The van der Waals surface area contributed by atoms with E-state index in [1.807, 2.05) is 26.0 Å². The van der Waals surface area contributed by atoms with E-state index in [-0.39, 0.29) is 4.90 Å². The smallest absolute Gasteiger partial charge is 0.273 e. The lowest BCUT2D eigenvalue weighted by atomic mass is 10.1. The van der Waals surface area contributed by atoms with Crippen molar-refractivity contribution in [2.45, 2.75) is 18.7 Å². The number of imidazole rings is 1. The van der Waals surface area contributed by atoms with Gasteiger partial charge in [0.25, 0.3) is 10.0 Å². The van der Waals surface area contributed by atoms with Gasteiger partial charge in [0.2, 0.25) is 0 Å². The van der Waals surface area contributed by atoms with Gasteiger partial charge >= 0.3 is 0 Å². The summed E-state index contributed by atoms with van der Waals surface area (Å²) in [5.41, 5.74) is 3.31. The van der Waals surface area contributed by atoms with Gasteiger partial charge in [-0.05, 0) is 77.9 Å². The average molecular weight is 442 g/mol. The van der Waals surface area contributed by atoms with Crippen LogP contribution in [0.4, 0.5) is 0 Å². The second kappa shape index (κ2) is 5.79. The summed E-state index contributed by atoms with van der Waals surface area (Å²) in [6.07, 6.45) is 1.35. The standard InChI is InChI=1S/C16H15IN2O3S/c1-10-6-13-14(7-11(10)2)19(9-18-13)23(20,21)16-8-12(17)4-5-15(16)22-3/h4-9H,1-3H3. The number of halogens is 1. The molecular weight excluding hydrogens is 427 g/mol. The van der Waals surface area contributed by atoms with Crippen LogP contribution < -0.4 is 4.74 Å². The summed E-state index contributed by atoms with van der Waals surface area (Å²) < 4.78 is 33.4. The number of rotatable bonds is 3. The highest BCUT2D eigenvalue weighted by Crippen LogP contribution is 2.30. The van der Waals surface area contributed by atoms with Crippen molar-refractivity contribution in [3.05, 3.63) is 51.4 Å². The maximum atomic E-state index is 13.1. The van der Waals surface area contributed by atoms with Crippen molar-refractivity contribution >= 4 is 43.6 Å². The Bertz CT molecular complexity index is 1010. The SMILES string of the molecule is COc1ccc(I)cc1S(=O)(=O)n1cnc2cc(C)c(C)cc21. The fraction of sp³-hybridized carbons (Fsp3) is 0.188. The third-order valence-corrected chi connectivity index (χ3v) is 6.15. The van der Waals surface area contributed by atoms with Crippen LogP contribution in [0.3, 0.4) is 0 Å². The Morgan fingerprint density at radius 1 is 1.13 bits per heavy atom. The van der Waals surface area contributed by atoms with Crippen LogP contribution in [0.2, 0.25) is 0 Å². The van der Waals surface area contributed by atoms with Gasteiger partial charge in [-0.25, -0.2) is 17.4 Å². The van der Waals surface area contributed by atoms with E-state index in [0.29, 0.717) is 16.8 Å². The second-order valence-electron chi connectivity index (χ2n) is 5.27. The first-order valence-corrected chi connectivity index (χ1v) is 9.40. The zero-order valence-electron chi connectivity index (χ0n) is 12.9. The molecule has 0 bridgehead atoms. The van der Waals surface area contributed by atoms with Crippen LogP contribution in [0.15, 0.2) is 41.6 Å². The molecular formula is C16H15IN2O3S. The molecule has 120 valence electrons. The first-order chi connectivity index (χ1) is 10.8. The Hall–Kier alpha value is -1.61. The monoisotopic (exact) mass is 442 g/mol. The molecule has 0 radical (unpaired) electrons. The zero-order chi connectivity index (χ0) is 16.8. The number of ether oxygens (including phenoxy) is 1. The Morgan fingerprint density at radius 3 is 2.52 bits per heavy atom. The van der Waals surface area contributed by atoms with Crippen molar-refractivity contribution in [3.8, 4) is 5.75 Å². The number of methoxy groups -OCH3 is 1. The van der Waals surface area contributed by atoms with Crippen LogP contribution in [-0.4, -0.2) is 24.5 Å². The molecule has 7 heteroatoms. The van der Waals surface area contributed by atoms with E-state index in [1.54, 1.807) is 18.2 Å². The van der Waals surface area contributed by atoms with Crippen molar-refractivity contribution in [3.63, 3.8) is 0 Å². The van der Waals surface area contributed by atoms with Gasteiger partial charge in [0.15, 0.2) is 0 Å². The summed E-state index contributed by atoms with van der Waals surface area (Å²) in [4.78, 5) is 4.36. The highest BCUT2D eigenvalue weighted by Gasteiger charge is 2.24. The average Bonchev–Trinajstić information content (AvgIpc) is 2.91. The zero-order valence-corrected chi connectivity index (χ0v) is 15.8. The van der Waals surface area contributed by atoms with Crippen LogP contribution in [0, 0.1) is 17.4 Å². The lowest BCUT2D eigenvalue weighted by molar-refractivity contribution is 0.402. The van der Waals surface area contributed by atoms with Crippen molar-refractivity contribution in [2.75, 3.05) is 7.11 Å². The summed E-state index contributed by atoms with van der Waals surface area (Å²) in [6, 6.07) is 8.79. The molecule has 0 atom stereocenters. The van der Waals surface area contributed by atoms with E-state index in [9.17, 15) is 8.42 Å². The van der Waals surface area contributed by atoms with Gasteiger partial charge in [-0.1, -0.05) is 0 Å². The van der Waals surface area contributed by atoms with Crippen molar-refractivity contribution in [1.82, 2.24) is 8.96 Å².